The zero-order valence-corrected chi connectivity index (χ0v) is 10.9. The summed E-state index contributed by atoms with van der Waals surface area (Å²) >= 11 is 0. The summed E-state index contributed by atoms with van der Waals surface area (Å²) in [6.07, 6.45) is -0.834. The Bertz CT molecular complexity index is 531. The van der Waals surface area contributed by atoms with Gasteiger partial charge in [0.05, 0.1) is 6.54 Å². The van der Waals surface area contributed by atoms with Gasteiger partial charge < -0.3 is 14.4 Å². The molecule has 1 unspecified atom stereocenters. The van der Waals surface area contributed by atoms with Crippen LogP contribution in [0.1, 0.15) is 0 Å². The van der Waals surface area contributed by atoms with Gasteiger partial charge in [0.25, 0.3) is 0 Å². The minimum absolute atomic E-state index is 0.247. The maximum atomic E-state index is 11.0. The Kier molecular flexibility index (Phi) is 3.54. The van der Waals surface area contributed by atoms with E-state index in [9.17, 15) is 4.79 Å². The van der Waals surface area contributed by atoms with Crippen molar-refractivity contribution < 1.29 is 14.3 Å². The van der Waals surface area contributed by atoms with E-state index in [1.165, 1.54) is 0 Å². The summed E-state index contributed by atoms with van der Waals surface area (Å²) in [7, 11) is 0. The van der Waals surface area contributed by atoms with E-state index in [1.54, 1.807) is 0 Å². The van der Waals surface area contributed by atoms with Gasteiger partial charge in [-0.05, 0) is 24.3 Å². The molecule has 0 bridgehead atoms. The lowest BCUT2D eigenvalue weighted by Gasteiger charge is -2.26. The number of nitrogens with zero attached hydrogens (tertiary/aromatic N) is 1. The summed E-state index contributed by atoms with van der Waals surface area (Å²) in [5.41, 5.74) is 2.11. The van der Waals surface area contributed by atoms with Crippen LogP contribution in [0.3, 0.4) is 0 Å². The van der Waals surface area contributed by atoms with Crippen molar-refractivity contribution in [3.05, 3.63) is 60.7 Å². The van der Waals surface area contributed by atoms with Gasteiger partial charge in [0.15, 0.2) is 6.10 Å². The molecule has 0 N–H and O–H groups in total. The van der Waals surface area contributed by atoms with Gasteiger partial charge in [0.1, 0.15) is 6.61 Å². The van der Waals surface area contributed by atoms with E-state index >= 15 is 0 Å². The average Bonchev–Trinajstić information content (AvgIpc) is 2.92. The van der Waals surface area contributed by atoms with Crippen LogP contribution in [-0.2, 0) is 9.47 Å². The molecule has 0 saturated carbocycles. The van der Waals surface area contributed by atoms with E-state index in [1.807, 2.05) is 60.7 Å². The van der Waals surface area contributed by atoms with Gasteiger partial charge in [-0.3, -0.25) is 0 Å². The van der Waals surface area contributed by atoms with Crippen molar-refractivity contribution in [2.24, 2.45) is 0 Å². The average molecular weight is 269 g/mol. The van der Waals surface area contributed by atoms with Crippen molar-refractivity contribution in [3.63, 3.8) is 0 Å². The molecular formula is C16H15NO3. The van der Waals surface area contributed by atoms with Crippen molar-refractivity contribution in [2.75, 3.05) is 18.1 Å². The van der Waals surface area contributed by atoms with Crippen molar-refractivity contribution in [1.82, 2.24) is 0 Å². The Morgan fingerprint density at radius 3 is 1.95 bits per heavy atom. The summed E-state index contributed by atoms with van der Waals surface area (Å²) in [4.78, 5) is 13.2. The van der Waals surface area contributed by atoms with Crippen molar-refractivity contribution in [2.45, 2.75) is 6.10 Å². The zero-order chi connectivity index (χ0) is 13.8. The highest BCUT2D eigenvalue weighted by atomic mass is 16.8. The van der Waals surface area contributed by atoms with Crippen LogP contribution in [0.4, 0.5) is 16.2 Å². The topological polar surface area (TPSA) is 38.8 Å². The fourth-order valence-corrected chi connectivity index (χ4v) is 2.23. The maximum Gasteiger partial charge on any atom is 0.508 e. The van der Waals surface area contributed by atoms with Gasteiger partial charge >= 0.3 is 6.16 Å². The van der Waals surface area contributed by atoms with Gasteiger partial charge in [-0.1, -0.05) is 36.4 Å². The summed E-state index contributed by atoms with van der Waals surface area (Å²) in [6, 6.07) is 20.0. The van der Waals surface area contributed by atoms with Gasteiger partial charge in [0, 0.05) is 11.4 Å². The first-order chi connectivity index (χ1) is 9.83. The van der Waals surface area contributed by atoms with Crippen LogP contribution in [0.15, 0.2) is 60.7 Å². The Balaban J connectivity index is 1.86. The highest BCUT2D eigenvalue weighted by molar-refractivity contribution is 5.65. The minimum Gasteiger partial charge on any atom is -0.430 e. The molecule has 4 heteroatoms. The molecule has 0 aliphatic carbocycles. The van der Waals surface area contributed by atoms with E-state index in [2.05, 4.69) is 4.90 Å². The first-order valence-corrected chi connectivity index (χ1v) is 6.54. The van der Waals surface area contributed by atoms with Crippen molar-refractivity contribution in [1.29, 1.82) is 0 Å². The number of benzene rings is 2. The Morgan fingerprint density at radius 2 is 1.50 bits per heavy atom. The smallest absolute Gasteiger partial charge is 0.430 e. The highest BCUT2D eigenvalue weighted by Crippen LogP contribution is 2.26. The fraction of sp³-hybridized carbons (Fsp3) is 0.188. The summed E-state index contributed by atoms with van der Waals surface area (Å²) in [6.45, 7) is 0.870. The molecule has 2 aromatic rings. The molecule has 1 atom stereocenters. The second kappa shape index (κ2) is 5.65. The molecule has 0 radical (unpaired) electrons. The summed E-state index contributed by atoms with van der Waals surface area (Å²) in [5.74, 6) is 0. The third kappa shape index (κ3) is 2.74. The number of ether oxygens (including phenoxy) is 2. The standard InChI is InChI=1S/C16H15NO3/c18-16-19-12-15(20-16)11-17(13-7-3-1-4-8-13)14-9-5-2-6-10-14/h1-10,15H,11-12H2. The molecule has 1 saturated heterocycles. The fourth-order valence-electron chi connectivity index (χ4n) is 2.23. The molecule has 0 spiro atoms. The van der Waals surface area contributed by atoms with E-state index in [4.69, 9.17) is 9.47 Å². The summed E-state index contributed by atoms with van der Waals surface area (Å²) < 4.78 is 9.98. The number of para-hydroxylation sites is 2. The third-order valence-electron chi connectivity index (χ3n) is 3.17. The lowest BCUT2D eigenvalue weighted by atomic mass is 10.2. The Hall–Kier alpha value is -2.49. The second-order valence-corrected chi connectivity index (χ2v) is 4.58. The zero-order valence-electron chi connectivity index (χ0n) is 10.9. The van der Waals surface area contributed by atoms with E-state index in [0.717, 1.165) is 11.4 Å². The number of cyclic esters (lactones) is 2. The first kappa shape index (κ1) is 12.5. The predicted molar refractivity (Wildman–Crippen MR) is 76.1 cm³/mol. The highest BCUT2D eigenvalue weighted by Gasteiger charge is 2.27. The Labute approximate surface area is 117 Å². The molecule has 1 heterocycles. The van der Waals surface area contributed by atoms with Gasteiger partial charge in [0.2, 0.25) is 0 Å². The molecule has 0 aromatic heterocycles. The molecule has 0 amide bonds. The molecule has 1 aliphatic heterocycles. The van der Waals surface area contributed by atoms with E-state index in [0.29, 0.717) is 13.2 Å². The van der Waals surface area contributed by atoms with Crippen LogP contribution in [0.25, 0.3) is 0 Å². The normalized spacial score (nSPS) is 17.4. The van der Waals surface area contributed by atoms with Gasteiger partial charge in [-0.15, -0.1) is 0 Å². The van der Waals surface area contributed by atoms with Crippen molar-refractivity contribution >= 4 is 17.5 Å². The monoisotopic (exact) mass is 269 g/mol. The molecule has 102 valence electrons. The van der Waals surface area contributed by atoms with Gasteiger partial charge in [-0.25, -0.2) is 4.79 Å². The minimum atomic E-state index is -0.587. The molecule has 1 aliphatic rings. The molecule has 1 fully saturated rings. The number of carbonyl (C=O) groups excluding carboxylic acids is 1. The van der Waals surface area contributed by atoms with E-state index < -0.39 is 6.16 Å². The molecule has 4 nitrogen and oxygen atoms in total. The molecule has 3 rings (SSSR count). The number of anilines is 2. The Morgan fingerprint density at radius 1 is 0.950 bits per heavy atom. The quantitative estimate of drug-likeness (QED) is 0.798. The third-order valence-corrected chi connectivity index (χ3v) is 3.17. The number of hydrogen-bond donors (Lipinski definition) is 0. The second-order valence-electron chi connectivity index (χ2n) is 4.58. The maximum absolute atomic E-state index is 11.0. The van der Waals surface area contributed by atoms with Crippen molar-refractivity contribution in [3.8, 4) is 0 Å². The summed E-state index contributed by atoms with van der Waals surface area (Å²) in [5, 5.41) is 0. The van der Waals surface area contributed by atoms with Crippen LogP contribution >= 0.6 is 0 Å². The molecule has 2 aromatic carbocycles. The van der Waals surface area contributed by atoms with Crippen LogP contribution in [0.5, 0.6) is 0 Å². The van der Waals surface area contributed by atoms with Crippen LogP contribution in [0.2, 0.25) is 0 Å². The van der Waals surface area contributed by atoms with Crippen LogP contribution < -0.4 is 4.90 Å². The van der Waals surface area contributed by atoms with Crippen LogP contribution in [-0.4, -0.2) is 25.4 Å². The lowest BCUT2D eigenvalue weighted by molar-refractivity contribution is 0.119. The van der Waals surface area contributed by atoms with Gasteiger partial charge in [-0.2, -0.15) is 0 Å². The first-order valence-electron chi connectivity index (χ1n) is 6.54. The number of carbonyl (C=O) groups is 1. The predicted octanol–water partition coefficient (Wildman–Crippen LogP) is 3.36. The van der Waals surface area contributed by atoms with E-state index in [-0.39, 0.29) is 6.10 Å². The SMILES string of the molecule is O=C1OCC(CN(c2ccccc2)c2ccccc2)O1. The number of rotatable bonds is 4. The molecule has 20 heavy (non-hydrogen) atoms. The largest absolute Gasteiger partial charge is 0.508 e. The molecular weight excluding hydrogens is 254 g/mol. The number of hydrogen-bond acceptors (Lipinski definition) is 4. The lowest BCUT2D eigenvalue weighted by Crippen LogP contribution is -2.30. The van der Waals surface area contributed by atoms with Crippen LogP contribution in [0, 0.1) is 0 Å².